The van der Waals surface area contributed by atoms with Gasteiger partial charge in [-0.05, 0) is 102 Å². The third-order valence-electron chi connectivity index (χ3n) is 7.65. The minimum Gasteiger partial charge on any atom is -0.395 e. The van der Waals surface area contributed by atoms with E-state index in [0.29, 0.717) is 49.9 Å². The van der Waals surface area contributed by atoms with Crippen molar-refractivity contribution in [2.75, 3.05) is 65.1 Å². The van der Waals surface area contributed by atoms with Crippen LogP contribution in [0.4, 0.5) is 11.4 Å². The van der Waals surface area contributed by atoms with E-state index in [9.17, 15) is 9.59 Å². The predicted molar refractivity (Wildman–Crippen MR) is 164 cm³/mol. The zero-order valence-corrected chi connectivity index (χ0v) is 24.4. The summed E-state index contributed by atoms with van der Waals surface area (Å²) in [5.41, 5.74) is 0.963. The molecule has 2 unspecified atom stereocenters. The van der Waals surface area contributed by atoms with Gasteiger partial charge in [-0.3, -0.25) is 19.4 Å². The Balaban J connectivity index is 2.46. The van der Waals surface area contributed by atoms with Gasteiger partial charge in [0.1, 0.15) is 0 Å². The number of hydrogen-bond donors (Lipinski definition) is 4. The van der Waals surface area contributed by atoms with Crippen LogP contribution >= 0.6 is 0 Å². The molecule has 2 aromatic carbocycles. The zero-order chi connectivity index (χ0) is 29.8. The number of ketones is 2. The lowest BCUT2D eigenvalue weighted by Crippen LogP contribution is -2.56. The lowest BCUT2D eigenvalue weighted by Gasteiger charge is -2.44. The molecular weight excluding hydrogens is 504 g/mol. The Kier molecular flexibility index (Phi) is 12.7. The molecule has 0 aliphatic heterocycles. The van der Waals surface area contributed by atoms with Gasteiger partial charge in [0.25, 0.3) is 0 Å². The zero-order valence-electron chi connectivity index (χ0n) is 24.4. The Morgan fingerprint density at radius 1 is 0.700 bits per heavy atom. The molecule has 8 nitrogen and oxygen atoms in total. The molecule has 0 amide bonds. The van der Waals surface area contributed by atoms with Gasteiger partial charge >= 0.3 is 0 Å². The van der Waals surface area contributed by atoms with E-state index in [1.165, 1.54) is 0 Å². The number of nitrogens with one attached hydrogen (secondary N) is 2. The van der Waals surface area contributed by atoms with Gasteiger partial charge in [0.05, 0.1) is 24.3 Å². The lowest BCUT2D eigenvalue weighted by molar-refractivity contribution is 0.0491. The minimum absolute atomic E-state index is 0.0194. The normalized spacial score (nSPS) is 14.3. The predicted octanol–water partition coefficient (Wildman–Crippen LogP) is 4.09. The maximum atomic E-state index is 14.1. The number of aliphatic hydroxyl groups excluding tert-OH is 2. The molecule has 0 spiro atoms. The number of Topliss-reactive ketones (excluding diaryl/α,β-unsaturated/α-hetero) is 2. The van der Waals surface area contributed by atoms with E-state index in [4.69, 9.17) is 10.2 Å². The highest BCUT2D eigenvalue weighted by Crippen LogP contribution is 2.36. The van der Waals surface area contributed by atoms with Crippen LogP contribution in [-0.4, -0.2) is 97.2 Å². The second-order valence-electron chi connectivity index (χ2n) is 10.5. The first-order chi connectivity index (χ1) is 19.1. The van der Waals surface area contributed by atoms with Gasteiger partial charge in [0.15, 0.2) is 11.6 Å². The molecule has 0 aromatic heterocycles. The number of benzene rings is 2. The van der Waals surface area contributed by atoms with Crippen molar-refractivity contribution in [2.45, 2.75) is 36.8 Å². The molecule has 8 heteroatoms. The number of carbonyl (C=O) groups excluding carboxylic acids is 2. The summed E-state index contributed by atoms with van der Waals surface area (Å²) >= 11 is 0. The van der Waals surface area contributed by atoms with Crippen molar-refractivity contribution in [3.63, 3.8) is 0 Å². The van der Waals surface area contributed by atoms with Crippen LogP contribution in [0.2, 0.25) is 0 Å². The summed E-state index contributed by atoms with van der Waals surface area (Å²) in [5.74, 6) is -0.0757. The molecule has 0 bridgehead atoms. The molecule has 4 N–H and O–H groups in total. The number of likely N-dealkylation sites (N-methyl/N-ethyl adjacent to an activating group) is 2. The number of carbonyl (C=O) groups is 2. The van der Waals surface area contributed by atoms with E-state index in [1.54, 1.807) is 36.4 Å². The fourth-order valence-electron chi connectivity index (χ4n) is 5.14. The highest BCUT2D eigenvalue weighted by molar-refractivity contribution is 6.05. The van der Waals surface area contributed by atoms with Crippen LogP contribution < -0.4 is 10.6 Å². The Morgan fingerprint density at radius 2 is 1.02 bits per heavy atom. The molecule has 218 valence electrons. The van der Waals surface area contributed by atoms with Gasteiger partial charge < -0.3 is 20.8 Å². The van der Waals surface area contributed by atoms with E-state index in [2.05, 4.69) is 23.8 Å². The SMILES string of the molecule is C=CCC(CCC(CC=C)(C(=O)c1ccc(NCCO)cc1)N(C)C)(C(=O)c1ccc(NCCO)cc1)N(C)C. The number of rotatable bonds is 19. The number of aliphatic hydroxyl groups is 2. The van der Waals surface area contributed by atoms with Crippen molar-refractivity contribution in [1.82, 2.24) is 9.80 Å². The van der Waals surface area contributed by atoms with Crippen LogP contribution in [0.5, 0.6) is 0 Å². The average Bonchev–Trinajstić information content (AvgIpc) is 2.96. The molecule has 0 aliphatic rings. The molecule has 0 saturated heterocycles. The van der Waals surface area contributed by atoms with Crippen molar-refractivity contribution < 1.29 is 19.8 Å². The van der Waals surface area contributed by atoms with Crippen molar-refractivity contribution in [3.05, 3.63) is 85.0 Å². The van der Waals surface area contributed by atoms with E-state index < -0.39 is 11.1 Å². The van der Waals surface area contributed by atoms with Crippen molar-refractivity contribution in [1.29, 1.82) is 0 Å². The quantitative estimate of drug-likeness (QED) is 0.153. The number of nitrogens with zero attached hydrogens (tertiary/aromatic N) is 2. The first-order valence-electron chi connectivity index (χ1n) is 13.7. The third kappa shape index (κ3) is 7.67. The van der Waals surface area contributed by atoms with Crippen LogP contribution in [0.3, 0.4) is 0 Å². The summed E-state index contributed by atoms with van der Waals surface area (Å²) in [6.07, 6.45) is 5.20. The molecule has 2 rings (SSSR count). The minimum atomic E-state index is -0.914. The van der Waals surface area contributed by atoms with E-state index in [1.807, 2.05) is 62.3 Å². The van der Waals surface area contributed by atoms with Crippen molar-refractivity contribution in [2.24, 2.45) is 0 Å². The van der Waals surface area contributed by atoms with Crippen LogP contribution in [0.25, 0.3) is 0 Å². The first kappa shape index (κ1) is 32.9. The fourth-order valence-corrected chi connectivity index (χ4v) is 5.14. The Morgan fingerprint density at radius 3 is 1.27 bits per heavy atom. The van der Waals surface area contributed by atoms with Gasteiger partial charge in [0, 0.05) is 35.6 Å². The molecule has 2 aromatic rings. The summed E-state index contributed by atoms with van der Waals surface area (Å²) in [6, 6.07) is 14.5. The third-order valence-corrected chi connectivity index (χ3v) is 7.65. The topological polar surface area (TPSA) is 105 Å². The van der Waals surface area contributed by atoms with Crippen LogP contribution in [0, 0.1) is 0 Å². The van der Waals surface area contributed by atoms with Crippen LogP contribution in [0.15, 0.2) is 73.8 Å². The van der Waals surface area contributed by atoms with Gasteiger partial charge in [-0.2, -0.15) is 0 Å². The molecule has 40 heavy (non-hydrogen) atoms. The van der Waals surface area contributed by atoms with Gasteiger partial charge in [-0.15, -0.1) is 13.2 Å². The maximum absolute atomic E-state index is 14.1. The van der Waals surface area contributed by atoms with Crippen LogP contribution in [-0.2, 0) is 0 Å². The Hall–Kier alpha value is -3.30. The molecule has 0 saturated carbocycles. The molecule has 0 heterocycles. The molecule has 0 fully saturated rings. The summed E-state index contributed by atoms with van der Waals surface area (Å²) < 4.78 is 0. The van der Waals surface area contributed by atoms with E-state index in [-0.39, 0.29) is 24.8 Å². The standard InChI is InChI=1S/C32H46N4O4/c1-7-17-31(35(3)4,29(39)25-9-13-27(14-10-25)33-21-23-37)19-20-32(18-8-2,36(5)6)30(40)26-11-15-28(16-12-26)34-22-24-38/h7-16,33-34,37-38H,1-2,17-24H2,3-6H3. The summed E-state index contributed by atoms with van der Waals surface area (Å²) in [7, 11) is 7.57. The van der Waals surface area contributed by atoms with Crippen molar-refractivity contribution >= 4 is 22.9 Å². The smallest absolute Gasteiger partial charge is 0.183 e. The molecule has 2 atom stereocenters. The highest BCUT2D eigenvalue weighted by atomic mass is 16.3. The summed E-state index contributed by atoms with van der Waals surface area (Å²) in [5, 5.41) is 24.4. The second-order valence-corrected chi connectivity index (χ2v) is 10.5. The summed E-state index contributed by atoms with van der Waals surface area (Å²) in [4.78, 5) is 32.2. The first-order valence-corrected chi connectivity index (χ1v) is 13.7. The largest absolute Gasteiger partial charge is 0.395 e. The molecule has 0 radical (unpaired) electrons. The van der Waals surface area contributed by atoms with Crippen LogP contribution in [0.1, 0.15) is 46.4 Å². The van der Waals surface area contributed by atoms with Crippen molar-refractivity contribution in [3.8, 4) is 0 Å². The Bertz CT molecular complexity index is 1030. The number of hydrogen-bond acceptors (Lipinski definition) is 8. The number of anilines is 2. The highest BCUT2D eigenvalue weighted by Gasteiger charge is 2.46. The Labute approximate surface area is 239 Å². The molecular formula is C32H46N4O4. The monoisotopic (exact) mass is 550 g/mol. The average molecular weight is 551 g/mol. The van der Waals surface area contributed by atoms with Gasteiger partial charge in [-0.25, -0.2) is 0 Å². The fraction of sp³-hybridized carbons (Fsp3) is 0.438. The summed E-state index contributed by atoms with van der Waals surface area (Å²) in [6.45, 7) is 8.80. The molecule has 0 aliphatic carbocycles. The van der Waals surface area contributed by atoms with E-state index in [0.717, 1.165) is 11.4 Å². The second kappa shape index (κ2) is 15.5. The van der Waals surface area contributed by atoms with E-state index >= 15 is 0 Å². The van der Waals surface area contributed by atoms with Gasteiger partial charge in [0.2, 0.25) is 0 Å². The van der Waals surface area contributed by atoms with Gasteiger partial charge in [-0.1, -0.05) is 12.2 Å². The lowest BCUT2D eigenvalue weighted by atomic mass is 9.73. The maximum Gasteiger partial charge on any atom is 0.183 e.